The Morgan fingerprint density at radius 3 is 2.80 bits per heavy atom. The molecule has 1 aromatic rings. The number of allylic oxidation sites excluding steroid dienone is 1. The third kappa shape index (κ3) is 4.89. The van der Waals surface area contributed by atoms with Gasteiger partial charge in [0, 0.05) is 25.2 Å². The fourth-order valence-corrected chi connectivity index (χ4v) is 3.03. The Morgan fingerprint density at radius 1 is 1.44 bits per heavy atom. The van der Waals surface area contributed by atoms with Crippen LogP contribution in [-0.2, 0) is 13.0 Å². The number of nitrogens with zero attached hydrogens (tertiary/aromatic N) is 2. The fraction of sp³-hybridized carbons (Fsp3) is 0.526. The number of aliphatic imine (C=N–C) groups is 1. The first-order valence-corrected chi connectivity index (χ1v) is 8.68. The van der Waals surface area contributed by atoms with Crippen molar-refractivity contribution in [2.75, 3.05) is 33.9 Å². The van der Waals surface area contributed by atoms with Gasteiger partial charge in [-0.2, -0.15) is 0 Å². The average Bonchev–Trinajstić information content (AvgIpc) is 3.04. The maximum absolute atomic E-state index is 9.76. The van der Waals surface area contributed by atoms with Crippen LogP contribution in [0.3, 0.4) is 0 Å². The Hall–Kier alpha value is -2.21. The van der Waals surface area contributed by atoms with Gasteiger partial charge in [0.05, 0.1) is 26.9 Å². The van der Waals surface area contributed by atoms with E-state index in [1.165, 1.54) is 0 Å². The topological polar surface area (TPSA) is 66.3 Å². The molecule has 0 amide bonds. The molecule has 2 rings (SSSR count). The molecule has 1 heterocycles. The van der Waals surface area contributed by atoms with Gasteiger partial charge in [0.15, 0.2) is 17.5 Å². The van der Waals surface area contributed by atoms with E-state index >= 15 is 0 Å². The summed E-state index contributed by atoms with van der Waals surface area (Å²) in [6, 6.07) is 4.03. The van der Waals surface area contributed by atoms with Crippen molar-refractivity contribution in [3.63, 3.8) is 0 Å². The minimum absolute atomic E-state index is 0.274. The van der Waals surface area contributed by atoms with E-state index in [-0.39, 0.29) is 6.10 Å². The van der Waals surface area contributed by atoms with Crippen LogP contribution in [-0.4, -0.2) is 55.9 Å². The molecule has 6 nitrogen and oxygen atoms in total. The second kappa shape index (κ2) is 9.32. The number of benzene rings is 1. The summed E-state index contributed by atoms with van der Waals surface area (Å²) in [4.78, 5) is 6.83. The number of hydrogen-bond acceptors (Lipinski definition) is 4. The van der Waals surface area contributed by atoms with Gasteiger partial charge >= 0.3 is 0 Å². The molecule has 0 aromatic heterocycles. The van der Waals surface area contributed by atoms with Crippen LogP contribution in [0.2, 0.25) is 0 Å². The van der Waals surface area contributed by atoms with Crippen LogP contribution in [0.25, 0.3) is 0 Å². The molecule has 1 aliphatic rings. The monoisotopic (exact) mass is 347 g/mol. The third-order valence-corrected chi connectivity index (χ3v) is 4.19. The van der Waals surface area contributed by atoms with Crippen molar-refractivity contribution in [1.29, 1.82) is 0 Å². The summed E-state index contributed by atoms with van der Waals surface area (Å²) in [5.74, 6) is 2.28. The van der Waals surface area contributed by atoms with E-state index < -0.39 is 0 Å². The highest BCUT2D eigenvalue weighted by Gasteiger charge is 2.22. The van der Waals surface area contributed by atoms with Crippen LogP contribution in [0.5, 0.6) is 11.5 Å². The van der Waals surface area contributed by atoms with Crippen LogP contribution in [0.4, 0.5) is 0 Å². The molecule has 1 atom stereocenters. The normalized spacial score (nSPS) is 17.5. The number of likely N-dealkylation sites (tertiary alicyclic amines) is 1. The Morgan fingerprint density at radius 2 is 2.24 bits per heavy atom. The maximum atomic E-state index is 9.76. The lowest BCUT2D eigenvalue weighted by atomic mass is 10.1. The Labute approximate surface area is 150 Å². The van der Waals surface area contributed by atoms with Crippen molar-refractivity contribution in [2.24, 2.45) is 4.99 Å². The van der Waals surface area contributed by atoms with Crippen LogP contribution >= 0.6 is 0 Å². The molecule has 138 valence electrons. The molecule has 1 fully saturated rings. The van der Waals surface area contributed by atoms with Crippen molar-refractivity contribution in [1.82, 2.24) is 10.2 Å². The summed E-state index contributed by atoms with van der Waals surface area (Å²) in [5, 5.41) is 13.1. The zero-order chi connectivity index (χ0) is 18.2. The summed E-state index contributed by atoms with van der Waals surface area (Å²) in [7, 11) is 3.28. The van der Waals surface area contributed by atoms with E-state index in [4.69, 9.17) is 14.5 Å². The number of nitrogens with one attached hydrogen (secondary N) is 1. The molecule has 0 aliphatic carbocycles. The van der Waals surface area contributed by atoms with E-state index in [9.17, 15) is 5.11 Å². The Balaban J connectivity index is 2.24. The van der Waals surface area contributed by atoms with Gasteiger partial charge in [-0.1, -0.05) is 6.08 Å². The van der Waals surface area contributed by atoms with Gasteiger partial charge in [-0.25, -0.2) is 4.99 Å². The van der Waals surface area contributed by atoms with Gasteiger partial charge in [0.1, 0.15) is 0 Å². The summed E-state index contributed by atoms with van der Waals surface area (Å²) in [6.45, 7) is 8.62. The van der Waals surface area contributed by atoms with Crippen molar-refractivity contribution < 1.29 is 14.6 Å². The molecule has 0 bridgehead atoms. The van der Waals surface area contributed by atoms with Gasteiger partial charge in [-0.15, -0.1) is 6.58 Å². The Kier molecular flexibility index (Phi) is 7.13. The number of hydrogen-bond donors (Lipinski definition) is 2. The second-order valence-corrected chi connectivity index (χ2v) is 6.04. The summed E-state index contributed by atoms with van der Waals surface area (Å²) >= 11 is 0. The molecule has 0 spiro atoms. The molecule has 0 radical (unpaired) electrons. The lowest BCUT2D eigenvalue weighted by molar-refractivity contribution is 0.188. The molecular weight excluding hydrogens is 318 g/mol. The number of ether oxygens (including phenoxy) is 2. The average molecular weight is 347 g/mol. The molecule has 1 aromatic carbocycles. The first-order chi connectivity index (χ1) is 12.1. The Bertz CT molecular complexity index is 616. The first-order valence-electron chi connectivity index (χ1n) is 8.68. The summed E-state index contributed by atoms with van der Waals surface area (Å²) < 4.78 is 10.9. The molecule has 25 heavy (non-hydrogen) atoms. The largest absolute Gasteiger partial charge is 0.493 e. The quantitative estimate of drug-likeness (QED) is 0.448. The summed E-state index contributed by atoms with van der Waals surface area (Å²) in [5.41, 5.74) is 2.08. The number of aliphatic hydroxyl groups is 1. The highest BCUT2D eigenvalue weighted by atomic mass is 16.5. The minimum Gasteiger partial charge on any atom is -0.493 e. The first kappa shape index (κ1) is 19.1. The van der Waals surface area contributed by atoms with Gasteiger partial charge in [-0.3, -0.25) is 0 Å². The maximum Gasteiger partial charge on any atom is 0.194 e. The molecule has 1 aliphatic heterocycles. The van der Waals surface area contributed by atoms with Gasteiger partial charge in [0.25, 0.3) is 0 Å². The highest BCUT2D eigenvalue weighted by molar-refractivity contribution is 5.80. The van der Waals surface area contributed by atoms with E-state index in [0.717, 1.165) is 42.3 Å². The van der Waals surface area contributed by atoms with E-state index in [1.54, 1.807) is 14.2 Å². The zero-order valence-electron chi connectivity index (χ0n) is 15.4. The van der Waals surface area contributed by atoms with E-state index in [2.05, 4.69) is 22.9 Å². The zero-order valence-corrected chi connectivity index (χ0v) is 15.4. The lowest BCUT2D eigenvalue weighted by Gasteiger charge is -2.21. The molecule has 0 unspecified atom stereocenters. The lowest BCUT2D eigenvalue weighted by Crippen LogP contribution is -2.40. The van der Waals surface area contributed by atoms with Gasteiger partial charge < -0.3 is 24.8 Å². The highest BCUT2D eigenvalue weighted by Crippen LogP contribution is 2.33. The number of guanidine groups is 1. The molecule has 0 saturated carbocycles. The van der Waals surface area contributed by atoms with Gasteiger partial charge in [0.2, 0.25) is 0 Å². The third-order valence-electron chi connectivity index (χ3n) is 4.19. The van der Waals surface area contributed by atoms with Gasteiger partial charge in [-0.05, 0) is 37.5 Å². The fourth-order valence-electron chi connectivity index (χ4n) is 3.03. The SMILES string of the molecule is C=CCc1cc(CN=C(NCC)N2CC[C@@H](O)C2)cc(OC)c1OC. The predicted octanol–water partition coefficient (Wildman–Crippen LogP) is 1.96. The second-order valence-electron chi connectivity index (χ2n) is 6.04. The number of aliphatic hydroxyl groups excluding tert-OH is 1. The number of methoxy groups -OCH3 is 2. The van der Waals surface area contributed by atoms with E-state index in [0.29, 0.717) is 25.3 Å². The number of rotatable bonds is 7. The van der Waals surface area contributed by atoms with Crippen molar-refractivity contribution in [3.05, 3.63) is 35.9 Å². The van der Waals surface area contributed by atoms with Crippen molar-refractivity contribution >= 4 is 5.96 Å². The van der Waals surface area contributed by atoms with E-state index in [1.807, 2.05) is 19.1 Å². The standard InChI is InChI=1S/C19H29N3O3/c1-5-7-15-10-14(11-17(24-3)18(15)25-4)12-21-19(20-6-2)22-9-8-16(23)13-22/h5,10-11,16,23H,1,6-9,12-13H2,2-4H3,(H,20,21)/t16-/m1/s1. The predicted molar refractivity (Wildman–Crippen MR) is 100 cm³/mol. The molecule has 1 saturated heterocycles. The number of β-amino-alcohol motifs (C(OH)–C–C–N with tert-alkyl or cyclic N) is 1. The molecular formula is C19H29N3O3. The van der Waals surface area contributed by atoms with Crippen molar-refractivity contribution in [3.8, 4) is 11.5 Å². The van der Waals surface area contributed by atoms with Crippen LogP contribution < -0.4 is 14.8 Å². The summed E-state index contributed by atoms with van der Waals surface area (Å²) in [6.07, 6.45) is 3.06. The smallest absolute Gasteiger partial charge is 0.194 e. The molecule has 6 heteroatoms. The minimum atomic E-state index is -0.274. The van der Waals surface area contributed by atoms with Crippen LogP contribution in [0.15, 0.2) is 29.8 Å². The van der Waals surface area contributed by atoms with Crippen LogP contribution in [0, 0.1) is 0 Å². The van der Waals surface area contributed by atoms with Crippen molar-refractivity contribution in [2.45, 2.75) is 32.4 Å². The van der Waals surface area contributed by atoms with Crippen LogP contribution in [0.1, 0.15) is 24.5 Å². The molecule has 2 N–H and O–H groups in total.